The van der Waals surface area contributed by atoms with Gasteiger partial charge in [-0.2, -0.15) is 0 Å². The molecule has 0 N–H and O–H groups in total. The molecule has 0 fully saturated rings. The van der Waals surface area contributed by atoms with Crippen molar-refractivity contribution in [1.82, 2.24) is 0 Å². The van der Waals surface area contributed by atoms with E-state index in [1.54, 1.807) is 0 Å². The van der Waals surface area contributed by atoms with Crippen molar-refractivity contribution < 1.29 is 0 Å². The van der Waals surface area contributed by atoms with Gasteiger partial charge in [0, 0.05) is 39.2 Å². The maximum Gasteiger partial charge on any atom is 0.0546 e. The molecule has 2 nitrogen and oxygen atoms in total. The fourth-order valence-electron chi connectivity index (χ4n) is 9.24. The molecule has 0 aromatic heterocycles. The molecule has 9 aromatic rings. The van der Waals surface area contributed by atoms with Crippen LogP contribution in [0.2, 0.25) is 0 Å². The molecule has 0 bridgehead atoms. The molecule has 2 heteroatoms. The van der Waals surface area contributed by atoms with Crippen LogP contribution >= 0.6 is 0 Å². The summed E-state index contributed by atoms with van der Waals surface area (Å²) in [5.41, 5.74) is 16.9. The van der Waals surface area contributed by atoms with Crippen molar-refractivity contribution >= 4 is 67.8 Å². The Kier molecular flexibility index (Phi) is 8.99. The maximum absolute atomic E-state index is 2.48. The second-order valence-electron chi connectivity index (χ2n) is 16.4. The highest BCUT2D eigenvalue weighted by Gasteiger charge is 2.36. The molecular weight excluding hydrogens is 713 g/mol. The van der Waals surface area contributed by atoms with Crippen LogP contribution in [0.25, 0.3) is 44.8 Å². The molecule has 0 aliphatic heterocycles. The van der Waals surface area contributed by atoms with Crippen LogP contribution in [0.3, 0.4) is 0 Å². The minimum Gasteiger partial charge on any atom is -0.311 e. The number of hydrogen-bond acceptors (Lipinski definition) is 2. The van der Waals surface area contributed by atoms with E-state index in [0.717, 1.165) is 28.3 Å². The summed E-state index contributed by atoms with van der Waals surface area (Å²) >= 11 is 0. The van der Waals surface area contributed by atoms with Crippen LogP contribution in [-0.4, -0.2) is 0 Å². The lowest BCUT2D eigenvalue weighted by atomic mass is 9.81. The van der Waals surface area contributed by atoms with E-state index in [-0.39, 0.29) is 5.41 Å². The molecule has 284 valence electrons. The Morgan fingerprint density at radius 1 is 0.373 bits per heavy atom. The number of hydrogen-bond donors (Lipinski definition) is 0. The molecule has 10 rings (SSSR count). The first-order valence-electron chi connectivity index (χ1n) is 20.6. The molecule has 0 heterocycles. The van der Waals surface area contributed by atoms with Gasteiger partial charge in [-0.15, -0.1) is 0 Å². The number of rotatable bonds is 8. The summed E-state index contributed by atoms with van der Waals surface area (Å²) in [6, 6.07) is 70.9. The van der Waals surface area contributed by atoms with Crippen molar-refractivity contribution in [3.8, 4) is 11.1 Å². The van der Waals surface area contributed by atoms with Crippen molar-refractivity contribution in [2.45, 2.75) is 33.1 Å². The molecule has 59 heavy (non-hydrogen) atoms. The number of anilines is 6. The maximum atomic E-state index is 2.48. The quantitative estimate of drug-likeness (QED) is 0.112. The second kappa shape index (κ2) is 14.7. The zero-order valence-corrected chi connectivity index (χ0v) is 34.0. The Labute approximate surface area is 348 Å². The molecule has 0 saturated carbocycles. The smallest absolute Gasteiger partial charge is 0.0546 e. The predicted octanol–water partition coefficient (Wildman–Crippen LogP) is 16.0. The van der Waals surface area contributed by atoms with Gasteiger partial charge in [-0.25, -0.2) is 0 Å². The van der Waals surface area contributed by atoms with Crippen LogP contribution in [0.15, 0.2) is 194 Å². The first-order chi connectivity index (χ1) is 28.8. The zero-order chi connectivity index (χ0) is 40.1. The van der Waals surface area contributed by atoms with Gasteiger partial charge in [0.05, 0.1) is 5.69 Å². The minimum absolute atomic E-state index is 0.190. The van der Waals surface area contributed by atoms with Crippen molar-refractivity contribution in [2.24, 2.45) is 0 Å². The van der Waals surface area contributed by atoms with Crippen molar-refractivity contribution in [3.05, 3.63) is 228 Å². The molecule has 0 radical (unpaired) electrons. The normalized spacial score (nSPS) is 12.8. The number of para-hydroxylation sites is 2. The molecule has 0 saturated heterocycles. The highest BCUT2D eigenvalue weighted by atomic mass is 15.1. The molecule has 0 spiro atoms. The van der Waals surface area contributed by atoms with Crippen LogP contribution in [0.4, 0.5) is 34.1 Å². The summed E-state index contributed by atoms with van der Waals surface area (Å²) in [6.07, 6.45) is 4.47. The minimum atomic E-state index is -0.190. The van der Waals surface area contributed by atoms with Gasteiger partial charge in [-0.3, -0.25) is 0 Å². The van der Waals surface area contributed by atoms with Gasteiger partial charge in [-0.05, 0) is 141 Å². The number of aryl methyl sites for hydroxylation is 2. The summed E-state index contributed by atoms with van der Waals surface area (Å²) in [6.45, 7) is 9.15. The number of fused-ring (bicyclic) bond motifs is 6. The third kappa shape index (κ3) is 6.57. The molecule has 1 aliphatic rings. The largest absolute Gasteiger partial charge is 0.311 e. The Morgan fingerprint density at radius 2 is 0.881 bits per heavy atom. The standard InChI is InChI=1S/C57H46N2/c1-39-33-40(2)35-48(34-39)59(56-37-43-15-11-12-20-49(43)50-21-13-14-22-53(50)56)47-30-32-52-51-31-27-42(36-54(51)57(3,4)55(52)38-47)24-23-41-25-28-46(29-26-41)58(44-16-7-5-8-17-44)45-18-9-6-10-19-45/h5-38H,1-4H3. The monoisotopic (exact) mass is 758 g/mol. The van der Waals surface area contributed by atoms with E-state index in [2.05, 4.69) is 244 Å². The highest BCUT2D eigenvalue weighted by Crippen LogP contribution is 2.52. The van der Waals surface area contributed by atoms with E-state index in [4.69, 9.17) is 0 Å². The Bertz CT molecular complexity index is 2970. The molecular formula is C57H46N2. The predicted molar refractivity (Wildman–Crippen MR) is 253 cm³/mol. The van der Waals surface area contributed by atoms with E-state index < -0.39 is 0 Å². The van der Waals surface area contributed by atoms with E-state index >= 15 is 0 Å². The van der Waals surface area contributed by atoms with Gasteiger partial charge in [-0.1, -0.05) is 153 Å². The third-order valence-electron chi connectivity index (χ3n) is 12.0. The van der Waals surface area contributed by atoms with E-state index in [9.17, 15) is 0 Å². The van der Waals surface area contributed by atoms with Crippen LogP contribution in [0.5, 0.6) is 0 Å². The lowest BCUT2D eigenvalue weighted by molar-refractivity contribution is 0.660. The number of benzene rings is 9. The summed E-state index contributed by atoms with van der Waals surface area (Å²) in [4.78, 5) is 4.77. The average molecular weight is 759 g/mol. The van der Waals surface area contributed by atoms with Gasteiger partial charge in [0.1, 0.15) is 0 Å². The Balaban J connectivity index is 0.997. The van der Waals surface area contributed by atoms with Crippen LogP contribution in [-0.2, 0) is 5.41 Å². The summed E-state index contributed by atoms with van der Waals surface area (Å²) in [7, 11) is 0. The first kappa shape index (κ1) is 36.2. The van der Waals surface area contributed by atoms with E-state index in [1.807, 2.05) is 0 Å². The zero-order valence-electron chi connectivity index (χ0n) is 34.0. The fourth-order valence-corrected chi connectivity index (χ4v) is 9.24. The molecule has 0 atom stereocenters. The lowest BCUT2D eigenvalue weighted by Gasteiger charge is -2.30. The second-order valence-corrected chi connectivity index (χ2v) is 16.4. The van der Waals surface area contributed by atoms with Gasteiger partial charge in [0.25, 0.3) is 0 Å². The SMILES string of the molecule is Cc1cc(C)cc(N(c2ccc3c(c2)C(C)(C)c2cc(C=Cc4ccc(N(c5ccccc5)c5ccccc5)cc4)ccc2-3)c2cc3ccccc3c3ccccc23)c1. The van der Waals surface area contributed by atoms with Crippen molar-refractivity contribution in [1.29, 1.82) is 0 Å². The molecule has 9 aromatic carbocycles. The molecule has 0 unspecified atom stereocenters. The van der Waals surface area contributed by atoms with Crippen molar-refractivity contribution in [2.75, 3.05) is 9.80 Å². The first-order valence-corrected chi connectivity index (χ1v) is 20.6. The fraction of sp³-hybridized carbons (Fsp3) is 0.0877. The van der Waals surface area contributed by atoms with Crippen LogP contribution in [0, 0.1) is 13.8 Å². The lowest BCUT2D eigenvalue weighted by Crippen LogP contribution is -2.17. The topological polar surface area (TPSA) is 6.48 Å². The van der Waals surface area contributed by atoms with Crippen molar-refractivity contribution in [3.63, 3.8) is 0 Å². The molecule has 1 aliphatic carbocycles. The Morgan fingerprint density at radius 3 is 1.56 bits per heavy atom. The molecule has 0 amide bonds. The number of nitrogens with zero attached hydrogens (tertiary/aromatic N) is 2. The Hall–Kier alpha value is -7.16. The summed E-state index contributed by atoms with van der Waals surface area (Å²) in [5.74, 6) is 0. The average Bonchev–Trinajstić information content (AvgIpc) is 3.48. The third-order valence-corrected chi connectivity index (χ3v) is 12.0. The van der Waals surface area contributed by atoms with Gasteiger partial charge in [0.15, 0.2) is 0 Å². The summed E-state index contributed by atoms with van der Waals surface area (Å²) in [5, 5.41) is 5.02. The van der Waals surface area contributed by atoms with E-state index in [0.29, 0.717) is 0 Å². The van der Waals surface area contributed by atoms with E-state index in [1.165, 1.54) is 71.9 Å². The summed E-state index contributed by atoms with van der Waals surface area (Å²) < 4.78 is 0. The van der Waals surface area contributed by atoms with Gasteiger partial charge < -0.3 is 9.80 Å². The van der Waals surface area contributed by atoms with Gasteiger partial charge >= 0.3 is 0 Å². The highest BCUT2D eigenvalue weighted by molar-refractivity contribution is 6.14. The van der Waals surface area contributed by atoms with Crippen LogP contribution < -0.4 is 9.80 Å². The van der Waals surface area contributed by atoms with Gasteiger partial charge in [0.2, 0.25) is 0 Å². The van der Waals surface area contributed by atoms with Crippen LogP contribution in [0.1, 0.15) is 47.2 Å².